The minimum atomic E-state index is -1.18. The number of carbonyl (C=O) groups excluding carboxylic acids is 2. The number of hydrogen-bond donors (Lipinski definition) is 1. The lowest BCUT2D eigenvalue weighted by Crippen LogP contribution is -2.59. The average molecular weight is 421 g/mol. The van der Waals surface area contributed by atoms with Crippen molar-refractivity contribution in [3.8, 4) is 0 Å². The molecule has 1 N–H and O–H groups in total. The number of carbonyl (C=O) groups is 2. The zero-order valence-electron chi connectivity index (χ0n) is 18.2. The van der Waals surface area contributed by atoms with E-state index in [9.17, 15) is 9.59 Å². The summed E-state index contributed by atoms with van der Waals surface area (Å²) in [6, 6.07) is 7.94. The van der Waals surface area contributed by atoms with Crippen LogP contribution in [-0.4, -0.2) is 62.3 Å². The van der Waals surface area contributed by atoms with Crippen LogP contribution in [0.15, 0.2) is 24.3 Å². The van der Waals surface area contributed by atoms with Gasteiger partial charge in [-0.1, -0.05) is 29.8 Å². The van der Waals surface area contributed by atoms with E-state index in [2.05, 4.69) is 10.1 Å². The number of amides is 1. The Hall–Kier alpha value is -2.00. The van der Waals surface area contributed by atoms with E-state index in [-0.39, 0.29) is 25.5 Å². The lowest BCUT2D eigenvalue weighted by atomic mass is 9.78. The van der Waals surface area contributed by atoms with Crippen LogP contribution in [0.5, 0.6) is 0 Å². The summed E-state index contributed by atoms with van der Waals surface area (Å²) in [4.78, 5) is 24.6. The molecule has 1 aliphatic carbocycles. The van der Waals surface area contributed by atoms with Gasteiger partial charge in [-0.2, -0.15) is 0 Å². The molecule has 3 rings (SSSR count). The van der Waals surface area contributed by atoms with E-state index in [1.54, 1.807) is 7.05 Å². The summed E-state index contributed by atoms with van der Waals surface area (Å²) in [7, 11) is 2.87. The van der Waals surface area contributed by atoms with Crippen LogP contribution in [0.3, 0.4) is 0 Å². The molecule has 4 atom stereocenters. The molecule has 2 aliphatic rings. The molecule has 1 aromatic rings. The first-order chi connectivity index (χ1) is 14.2. The lowest BCUT2D eigenvalue weighted by Gasteiger charge is -2.43. The molecule has 8 nitrogen and oxygen atoms in total. The van der Waals surface area contributed by atoms with Gasteiger partial charge in [-0.05, 0) is 26.3 Å². The fourth-order valence-corrected chi connectivity index (χ4v) is 4.19. The van der Waals surface area contributed by atoms with Crippen molar-refractivity contribution in [2.75, 3.05) is 20.8 Å². The zero-order chi connectivity index (χ0) is 21.9. The van der Waals surface area contributed by atoms with Crippen LogP contribution in [0.2, 0.25) is 0 Å². The predicted molar refractivity (Wildman–Crippen MR) is 108 cm³/mol. The number of esters is 1. The molecule has 1 aromatic carbocycles. The van der Waals surface area contributed by atoms with Crippen molar-refractivity contribution < 1.29 is 33.3 Å². The van der Waals surface area contributed by atoms with Gasteiger partial charge in [0.2, 0.25) is 0 Å². The highest BCUT2D eigenvalue weighted by molar-refractivity contribution is 5.85. The van der Waals surface area contributed by atoms with E-state index >= 15 is 0 Å². The molecule has 1 heterocycles. The molecule has 1 saturated carbocycles. The Morgan fingerprint density at radius 1 is 1.23 bits per heavy atom. The highest BCUT2D eigenvalue weighted by atomic mass is 16.8. The van der Waals surface area contributed by atoms with Crippen molar-refractivity contribution in [3.05, 3.63) is 35.4 Å². The predicted octanol–water partition coefficient (Wildman–Crippen LogP) is 1.87. The number of nitrogens with one attached hydrogen (secondary N) is 1. The number of aryl methyl sites for hydroxylation is 1. The number of fused-ring (bicyclic) bond motifs is 1. The van der Waals surface area contributed by atoms with E-state index in [1.807, 2.05) is 45.0 Å². The first-order valence-corrected chi connectivity index (χ1v) is 10.1. The van der Waals surface area contributed by atoms with Gasteiger partial charge in [-0.15, -0.1) is 0 Å². The van der Waals surface area contributed by atoms with E-state index in [0.29, 0.717) is 6.42 Å². The van der Waals surface area contributed by atoms with Crippen LogP contribution in [-0.2, 0) is 39.9 Å². The molecule has 8 heteroatoms. The quantitative estimate of drug-likeness (QED) is 0.672. The van der Waals surface area contributed by atoms with Crippen LogP contribution in [0.4, 0.5) is 0 Å². The van der Waals surface area contributed by atoms with Gasteiger partial charge in [0.1, 0.15) is 12.7 Å². The number of hydrogen-bond acceptors (Lipinski definition) is 7. The van der Waals surface area contributed by atoms with Gasteiger partial charge in [-0.25, -0.2) is 4.79 Å². The third-order valence-electron chi connectivity index (χ3n) is 5.53. The minimum Gasteiger partial charge on any atom is -0.467 e. The second kappa shape index (κ2) is 9.01. The Labute approximate surface area is 177 Å². The summed E-state index contributed by atoms with van der Waals surface area (Å²) in [5.41, 5.74) is 0.906. The van der Waals surface area contributed by atoms with Crippen molar-refractivity contribution in [2.24, 2.45) is 0 Å². The number of methoxy groups -OCH3 is 1. The van der Waals surface area contributed by atoms with Crippen LogP contribution >= 0.6 is 0 Å². The molecule has 1 aliphatic heterocycles. The normalized spacial score (nSPS) is 29.8. The topological polar surface area (TPSA) is 92.3 Å². The SMILES string of the molecule is CNC(=O)[C@@]1(OCc2cccc(C)c2)C[C@H](OCC(=O)OC)[C@@H]2OC(C)(C)O[C@@H]2C1. The molecule has 0 radical (unpaired) electrons. The molecule has 0 aromatic heterocycles. The van der Waals surface area contributed by atoms with Gasteiger partial charge in [0, 0.05) is 19.9 Å². The van der Waals surface area contributed by atoms with Crippen molar-refractivity contribution in [2.45, 2.75) is 69.9 Å². The number of benzene rings is 1. The second-order valence-electron chi connectivity index (χ2n) is 8.32. The molecule has 1 saturated heterocycles. The van der Waals surface area contributed by atoms with E-state index in [1.165, 1.54) is 7.11 Å². The monoisotopic (exact) mass is 421 g/mol. The van der Waals surface area contributed by atoms with Crippen LogP contribution < -0.4 is 5.32 Å². The van der Waals surface area contributed by atoms with Gasteiger partial charge in [0.25, 0.3) is 5.91 Å². The Morgan fingerprint density at radius 3 is 2.67 bits per heavy atom. The summed E-state index contributed by atoms with van der Waals surface area (Å²) in [5.74, 6) is -1.58. The number of ether oxygens (including phenoxy) is 5. The second-order valence-corrected chi connectivity index (χ2v) is 8.32. The maximum absolute atomic E-state index is 13.0. The summed E-state index contributed by atoms with van der Waals surface area (Å²) in [6.07, 6.45) is -0.837. The maximum atomic E-state index is 13.0. The standard InChI is InChI=1S/C22H31NO7/c1-14-7-6-8-15(9-14)12-28-22(20(25)23-4)10-16(27-13-18(24)26-5)19-17(11-22)29-21(2,3)30-19/h6-9,16-17,19H,10-13H2,1-5H3,(H,23,25)/t16-,17+,19-,22+/m0/s1. The Balaban J connectivity index is 1.85. The fraction of sp³-hybridized carbons (Fsp3) is 0.636. The molecule has 30 heavy (non-hydrogen) atoms. The molecule has 166 valence electrons. The van der Waals surface area contributed by atoms with Crippen molar-refractivity contribution in [1.82, 2.24) is 5.32 Å². The maximum Gasteiger partial charge on any atom is 0.331 e. The van der Waals surface area contributed by atoms with E-state index in [0.717, 1.165) is 11.1 Å². The largest absolute Gasteiger partial charge is 0.467 e. The average Bonchev–Trinajstić information content (AvgIpc) is 3.03. The molecule has 2 fully saturated rings. The summed E-state index contributed by atoms with van der Waals surface area (Å²) < 4.78 is 28.9. The van der Waals surface area contributed by atoms with Crippen LogP contribution in [0, 0.1) is 6.92 Å². The van der Waals surface area contributed by atoms with Gasteiger partial charge >= 0.3 is 5.97 Å². The molecule has 1 amide bonds. The molecular formula is C22H31NO7. The first kappa shape index (κ1) is 22.7. The lowest BCUT2D eigenvalue weighted by molar-refractivity contribution is -0.185. The van der Waals surface area contributed by atoms with E-state index < -0.39 is 35.7 Å². The van der Waals surface area contributed by atoms with Crippen molar-refractivity contribution in [3.63, 3.8) is 0 Å². The minimum absolute atomic E-state index is 0.232. The molecule has 0 unspecified atom stereocenters. The molecule has 0 bridgehead atoms. The summed E-state index contributed by atoms with van der Waals surface area (Å²) in [5, 5.41) is 2.71. The highest BCUT2D eigenvalue weighted by Crippen LogP contribution is 2.44. The summed E-state index contributed by atoms with van der Waals surface area (Å²) in [6.45, 7) is 5.66. The van der Waals surface area contributed by atoms with Crippen LogP contribution in [0.1, 0.15) is 37.8 Å². The summed E-state index contributed by atoms with van der Waals surface area (Å²) >= 11 is 0. The zero-order valence-corrected chi connectivity index (χ0v) is 18.2. The third-order valence-corrected chi connectivity index (χ3v) is 5.53. The van der Waals surface area contributed by atoms with Crippen LogP contribution in [0.25, 0.3) is 0 Å². The van der Waals surface area contributed by atoms with Gasteiger partial charge < -0.3 is 29.0 Å². The molecule has 0 spiro atoms. The van der Waals surface area contributed by atoms with Crippen molar-refractivity contribution in [1.29, 1.82) is 0 Å². The molecular weight excluding hydrogens is 390 g/mol. The number of likely N-dealkylation sites (N-methyl/N-ethyl adjacent to an activating group) is 1. The van der Waals surface area contributed by atoms with Crippen molar-refractivity contribution >= 4 is 11.9 Å². The Bertz CT molecular complexity index is 781. The smallest absolute Gasteiger partial charge is 0.331 e. The van der Waals surface area contributed by atoms with Gasteiger partial charge in [0.05, 0.1) is 25.9 Å². The fourth-order valence-electron chi connectivity index (χ4n) is 4.19. The first-order valence-electron chi connectivity index (χ1n) is 10.1. The van der Waals surface area contributed by atoms with E-state index in [4.69, 9.17) is 18.9 Å². The number of rotatable bonds is 7. The Morgan fingerprint density at radius 2 is 2.00 bits per heavy atom. The van der Waals surface area contributed by atoms with Gasteiger partial charge in [-0.3, -0.25) is 4.79 Å². The third kappa shape index (κ3) is 5.00. The highest BCUT2D eigenvalue weighted by Gasteiger charge is 2.57. The Kier molecular flexibility index (Phi) is 6.81. The van der Waals surface area contributed by atoms with Gasteiger partial charge in [0.15, 0.2) is 11.4 Å².